The maximum atomic E-state index is 12.5. The van der Waals surface area contributed by atoms with Crippen molar-refractivity contribution in [2.45, 2.75) is 24.9 Å². The summed E-state index contributed by atoms with van der Waals surface area (Å²) in [4.78, 5) is 24.3. The minimum absolute atomic E-state index is 0.110. The van der Waals surface area contributed by atoms with E-state index in [0.29, 0.717) is 0 Å². The summed E-state index contributed by atoms with van der Waals surface area (Å²) in [5.41, 5.74) is 1.40. The molecule has 4 nitrogen and oxygen atoms in total. The third-order valence-electron chi connectivity index (χ3n) is 4.20. The van der Waals surface area contributed by atoms with E-state index in [0.717, 1.165) is 28.4 Å². The van der Waals surface area contributed by atoms with Gasteiger partial charge in [0.15, 0.2) is 0 Å². The van der Waals surface area contributed by atoms with Crippen LogP contribution in [0.15, 0.2) is 59.1 Å². The number of carbonyl (C=O) groups excluding carboxylic acids is 2. The summed E-state index contributed by atoms with van der Waals surface area (Å²) >= 11 is 3.43. The van der Waals surface area contributed by atoms with Gasteiger partial charge in [-0.3, -0.25) is 9.59 Å². The molecule has 3 rings (SSSR count). The molecule has 0 saturated heterocycles. The molecule has 0 aromatic heterocycles. The van der Waals surface area contributed by atoms with E-state index in [4.69, 9.17) is 4.74 Å². The average molecular weight is 388 g/mol. The Morgan fingerprint density at radius 3 is 2.50 bits per heavy atom. The molecule has 1 aliphatic rings. The summed E-state index contributed by atoms with van der Waals surface area (Å²) in [6.45, 7) is 0.105. The number of hydrogen-bond donors (Lipinski definition) is 1. The lowest BCUT2D eigenvalue weighted by molar-refractivity contribution is -0.145. The van der Waals surface area contributed by atoms with Gasteiger partial charge >= 0.3 is 5.97 Å². The molecule has 2 aromatic carbocycles. The Hall–Kier alpha value is -2.14. The quantitative estimate of drug-likeness (QED) is 0.773. The summed E-state index contributed by atoms with van der Waals surface area (Å²) < 4.78 is 6.12. The molecule has 0 atom stereocenters. The molecule has 0 unspecified atom stereocenters. The Kier molecular flexibility index (Phi) is 5.00. The summed E-state index contributed by atoms with van der Waals surface area (Å²) in [5, 5.41) is 2.71. The zero-order chi connectivity index (χ0) is 17.0. The number of carbonyl (C=O) groups is 2. The van der Waals surface area contributed by atoms with Crippen LogP contribution in [0.25, 0.3) is 0 Å². The average Bonchev–Trinajstić information content (AvgIpc) is 3.41. The van der Waals surface area contributed by atoms with E-state index in [9.17, 15) is 9.59 Å². The van der Waals surface area contributed by atoms with E-state index < -0.39 is 11.4 Å². The van der Waals surface area contributed by atoms with Crippen molar-refractivity contribution in [2.75, 3.05) is 6.54 Å². The second kappa shape index (κ2) is 7.18. The van der Waals surface area contributed by atoms with Crippen LogP contribution in [-0.4, -0.2) is 18.4 Å². The van der Waals surface area contributed by atoms with Gasteiger partial charge in [-0.2, -0.15) is 0 Å². The lowest BCUT2D eigenvalue weighted by Crippen LogP contribution is -2.38. The van der Waals surface area contributed by atoms with Gasteiger partial charge in [-0.25, -0.2) is 0 Å². The zero-order valence-electron chi connectivity index (χ0n) is 13.1. The molecule has 0 heterocycles. The Balaban J connectivity index is 1.51. The van der Waals surface area contributed by atoms with E-state index >= 15 is 0 Å². The fourth-order valence-corrected chi connectivity index (χ4v) is 3.07. The number of rotatable bonds is 6. The van der Waals surface area contributed by atoms with Gasteiger partial charge in [0.25, 0.3) is 0 Å². The van der Waals surface area contributed by atoms with Crippen molar-refractivity contribution in [3.8, 4) is 0 Å². The fraction of sp³-hybridized carbons (Fsp3) is 0.263. The van der Waals surface area contributed by atoms with Crippen LogP contribution in [0.2, 0.25) is 0 Å². The molecule has 124 valence electrons. The van der Waals surface area contributed by atoms with Gasteiger partial charge < -0.3 is 10.1 Å². The van der Waals surface area contributed by atoms with Gasteiger partial charge in [-0.15, -0.1) is 0 Å². The van der Waals surface area contributed by atoms with Crippen LogP contribution in [0.3, 0.4) is 0 Å². The zero-order valence-corrected chi connectivity index (χ0v) is 14.7. The summed E-state index contributed by atoms with van der Waals surface area (Å²) in [7, 11) is 0. The van der Waals surface area contributed by atoms with Gasteiger partial charge in [0.2, 0.25) is 5.91 Å². The van der Waals surface area contributed by atoms with Crippen molar-refractivity contribution >= 4 is 27.8 Å². The lowest BCUT2D eigenvalue weighted by Gasteiger charge is -2.16. The SMILES string of the molecule is O=C(CNC(=O)C1(c2cccc(Br)c2)CC1)OCc1ccccc1. The Labute approximate surface area is 149 Å². The third-order valence-corrected chi connectivity index (χ3v) is 4.69. The molecule has 1 N–H and O–H groups in total. The van der Waals surface area contributed by atoms with Crippen LogP contribution in [0.4, 0.5) is 0 Å². The summed E-state index contributed by atoms with van der Waals surface area (Å²) in [5.74, 6) is -0.547. The number of amides is 1. The van der Waals surface area contributed by atoms with Gasteiger partial charge in [0, 0.05) is 4.47 Å². The number of hydrogen-bond acceptors (Lipinski definition) is 3. The molecule has 0 bridgehead atoms. The Bertz CT molecular complexity index is 741. The highest BCUT2D eigenvalue weighted by Crippen LogP contribution is 2.48. The molecule has 1 saturated carbocycles. The molecule has 24 heavy (non-hydrogen) atoms. The molecule has 0 spiro atoms. The van der Waals surface area contributed by atoms with E-state index in [1.54, 1.807) is 0 Å². The molecule has 1 fully saturated rings. The van der Waals surface area contributed by atoms with Crippen LogP contribution in [-0.2, 0) is 26.3 Å². The summed E-state index contributed by atoms with van der Waals surface area (Å²) in [6, 6.07) is 17.2. The van der Waals surface area contributed by atoms with Gasteiger partial charge in [0.1, 0.15) is 13.2 Å². The lowest BCUT2D eigenvalue weighted by atomic mass is 9.95. The molecule has 1 aliphatic carbocycles. The van der Waals surface area contributed by atoms with E-state index in [1.165, 1.54) is 0 Å². The standard InChI is InChI=1S/C19H18BrNO3/c20-16-8-4-7-15(11-16)19(9-10-19)18(23)21-12-17(22)24-13-14-5-2-1-3-6-14/h1-8,11H,9-10,12-13H2,(H,21,23). The first-order valence-corrected chi connectivity index (χ1v) is 8.63. The van der Waals surface area contributed by atoms with Crippen LogP contribution in [0.1, 0.15) is 24.0 Å². The van der Waals surface area contributed by atoms with E-state index in [-0.39, 0.29) is 19.1 Å². The van der Waals surface area contributed by atoms with Crippen molar-refractivity contribution in [2.24, 2.45) is 0 Å². The highest BCUT2D eigenvalue weighted by atomic mass is 79.9. The van der Waals surface area contributed by atoms with Crippen LogP contribution in [0.5, 0.6) is 0 Å². The minimum atomic E-state index is -0.497. The van der Waals surface area contributed by atoms with E-state index in [1.807, 2.05) is 54.6 Å². The largest absolute Gasteiger partial charge is 0.460 e. The Morgan fingerprint density at radius 1 is 1.08 bits per heavy atom. The van der Waals surface area contributed by atoms with Gasteiger partial charge in [-0.05, 0) is 36.1 Å². The second-order valence-corrected chi connectivity index (χ2v) is 6.84. The molecular formula is C19H18BrNO3. The number of ether oxygens (including phenoxy) is 1. The van der Waals surface area contributed by atoms with Crippen molar-refractivity contribution < 1.29 is 14.3 Å². The third kappa shape index (κ3) is 3.85. The smallest absolute Gasteiger partial charge is 0.325 e. The van der Waals surface area contributed by atoms with E-state index in [2.05, 4.69) is 21.2 Å². The number of esters is 1. The van der Waals surface area contributed by atoms with Crippen molar-refractivity contribution in [1.82, 2.24) is 5.32 Å². The maximum absolute atomic E-state index is 12.5. The first-order valence-electron chi connectivity index (χ1n) is 7.84. The minimum Gasteiger partial charge on any atom is -0.460 e. The molecule has 1 amide bonds. The second-order valence-electron chi connectivity index (χ2n) is 5.92. The topological polar surface area (TPSA) is 55.4 Å². The molecular weight excluding hydrogens is 370 g/mol. The molecule has 2 aromatic rings. The van der Waals surface area contributed by atoms with Crippen molar-refractivity contribution in [3.05, 3.63) is 70.2 Å². The molecule has 0 aliphatic heterocycles. The summed E-state index contributed by atoms with van der Waals surface area (Å²) in [6.07, 6.45) is 1.60. The highest BCUT2D eigenvalue weighted by molar-refractivity contribution is 9.10. The monoisotopic (exact) mass is 387 g/mol. The first kappa shape index (κ1) is 16.7. The van der Waals surface area contributed by atoms with Crippen LogP contribution >= 0.6 is 15.9 Å². The number of halogens is 1. The van der Waals surface area contributed by atoms with Crippen molar-refractivity contribution in [3.63, 3.8) is 0 Å². The van der Waals surface area contributed by atoms with Gasteiger partial charge in [0.05, 0.1) is 5.41 Å². The van der Waals surface area contributed by atoms with Crippen molar-refractivity contribution in [1.29, 1.82) is 0 Å². The maximum Gasteiger partial charge on any atom is 0.325 e. The fourth-order valence-electron chi connectivity index (χ4n) is 2.67. The highest BCUT2D eigenvalue weighted by Gasteiger charge is 2.51. The molecule has 0 radical (unpaired) electrons. The van der Waals surface area contributed by atoms with Crippen LogP contribution < -0.4 is 5.32 Å². The van der Waals surface area contributed by atoms with Gasteiger partial charge in [-0.1, -0.05) is 58.4 Å². The van der Waals surface area contributed by atoms with Crippen LogP contribution in [0, 0.1) is 0 Å². The normalized spacial score (nSPS) is 14.7. The Morgan fingerprint density at radius 2 is 1.83 bits per heavy atom. The predicted octanol–water partition coefficient (Wildman–Crippen LogP) is 3.34. The first-order chi connectivity index (χ1) is 11.6. The number of nitrogens with one attached hydrogen (secondary N) is 1. The molecule has 5 heteroatoms. The number of benzene rings is 2. The predicted molar refractivity (Wildman–Crippen MR) is 94.3 cm³/mol.